The largest absolute Gasteiger partial charge is 0.353 e. The van der Waals surface area contributed by atoms with Crippen LogP contribution >= 0.6 is 0 Å². The molecule has 0 N–H and O–H groups in total. The van der Waals surface area contributed by atoms with Crippen molar-refractivity contribution in [1.29, 1.82) is 0 Å². The fourth-order valence-electron chi connectivity index (χ4n) is 4.24. The summed E-state index contributed by atoms with van der Waals surface area (Å²) in [6, 6.07) is 18.5. The molecule has 0 atom stereocenters. The Morgan fingerprint density at radius 2 is 1.45 bits per heavy atom. The fourth-order valence-corrected chi connectivity index (χ4v) is 4.24. The summed E-state index contributed by atoms with van der Waals surface area (Å²) in [4.78, 5) is 51.9. The predicted molar refractivity (Wildman–Crippen MR) is 123 cm³/mol. The van der Waals surface area contributed by atoms with E-state index < -0.39 is 0 Å². The summed E-state index contributed by atoms with van der Waals surface area (Å²) >= 11 is 0. The molecule has 0 aliphatic carbocycles. The Labute approximate surface area is 191 Å². The molecule has 33 heavy (non-hydrogen) atoms. The Morgan fingerprint density at radius 1 is 0.818 bits per heavy atom. The lowest BCUT2D eigenvalue weighted by Crippen LogP contribution is -2.49. The molecule has 1 saturated heterocycles. The highest BCUT2D eigenvalue weighted by molar-refractivity contribution is 6.21. The van der Waals surface area contributed by atoms with Crippen LogP contribution in [0.2, 0.25) is 0 Å². The second kappa shape index (κ2) is 8.82. The van der Waals surface area contributed by atoms with Crippen LogP contribution in [0.4, 0.5) is 5.82 Å². The summed E-state index contributed by atoms with van der Waals surface area (Å²) in [5.41, 5.74) is 1.77. The number of hydrogen-bond acceptors (Lipinski definition) is 6. The first-order chi connectivity index (χ1) is 16.1. The van der Waals surface area contributed by atoms with Crippen LogP contribution in [0.5, 0.6) is 0 Å². The van der Waals surface area contributed by atoms with E-state index in [9.17, 15) is 14.4 Å². The van der Waals surface area contributed by atoms with E-state index in [-0.39, 0.29) is 30.7 Å². The van der Waals surface area contributed by atoms with Crippen LogP contribution in [0, 0.1) is 0 Å². The molecule has 8 nitrogen and oxygen atoms in total. The van der Waals surface area contributed by atoms with Gasteiger partial charge in [-0.3, -0.25) is 19.3 Å². The van der Waals surface area contributed by atoms with Gasteiger partial charge in [0.2, 0.25) is 5.91 Å². The number of rotatable bonds is 5. The van der Waals surface area contributed by atoms with Crippen molar-refractivity contribution in [1.82, 2.24) is 19.8 Å². The van der Waals surface area contributed by atoms with Gasteiger partial charge in [-0.2, -0.15) is 0 Å². The Bertz CT molecular complexity index is 1170. The first kappa shape index (κ1) is 20.8. The third kappa shape index (κ3) is 4.07. The van der Waals surface area contributed by atoms with Crippen LogP contribution in [-0.4, -0.2) is 70.2 Å². The van der Waals surface area contributed by atoms with Crippen molar-refractivity contribution in [2.45, 2.75) is 6.42 Å². The second-order valence-electron chi connectivity index (χ2n) is 8.03. The van der Waals surface area contributed by atoms with Crippen LogP contribution in [0.25, 0.3) is 11.4 Å². The molecule has 2 aliphatic heterocycles. The van der Waals surface area contributed by atoms with E-state index in [1.807, 2.05) is 36.4 Å². The maximum absolute atomic E-state index is 12.8. The van der Waals surface area contributed by atoms with E-state index in [0.717, 1.165) is 11.4 Å². The molecule has 3 heterocycles. The van der Waals surface area contributed by atoms with Gasteiger partial charge in [0.05, 0.1) is 11.1 Å². The molecule has 3 amide bonds. The van der Waals surface area contributed by atoms with E-state index in [0.29, 0.717) is 43.1 Å². The van der Waals surface area contributed by atoms with Crippen LogP contribution in [-0.2, 0) is 4.79 Å². The lowest BCUT2D eigenvalue weighted by Gasteiger charge is -2.35. The van der Waals surface area contributed by atoms with E-state index in [1.54, 1.807) is 35.4 Å². The molecule has 0 radical (unpaired) electrons. The smallest absolute Gasteiger partial charge is 0.261 e. The highest BCUT2D eigenvalue weighted by atomic mass is 16.2. The van der Waals surface area contributed by atoms with Crippen LogP contribution < -0.4 is 4.90 Å². The topological polar surface area (TPSA) is 86.7 Å². The number of anilines is 1. The van der Waals surface area contributed by atoms with Gasteiger partial charge in [0.1, 0.15) is 5.82 Å². The molecule has 1 aromatic heterocycles. The third-order valence-corrected chi connectivity index (χ3v) is 6.06. The SMILES string of the molecule is O=C(CCN1C(=O)c2ccccc2C1=O)N1CCN(c2ccnc(-c3ccccc3)n2)CC1. The number of carbonyl (C=O) groups excluding carboxylic acids is 3. The quantitative estimate of drug-likeness (QED) is 0.566. The average molecular weight is 441 g/mol. The van der Waals surface area contributed by atoms with E-state index >= 15 is 0 Å². The summed E-state index contributed by atoms with van der Waals surface area (Å²) in [6.07, 6.45) is 1.88. The van der Waals surface area contributed by atoms with Crippen LogP contribution in [0.15, 0.2) is 66.9 Å². The number of piperazine rings is 1. The van der Waals surface area contributed by atoms with Crippen molar-refractivity contribution < 1.29 is 14.4 Å². The van der Waals surface area contributed by atoms with E-state index in [1.165, 1.54) is 4.90 Å². The minimum absolute atomic E-state index is 0.0566. The van der Waals surface area contributed by atoms with Gasteiger partial charge in [-0.25, -0.2) is 9.97 Å². The van der Waals surface area contributed by atoms with Gasteiger partial charge in [-0.05, 0) is 18.2 Å². The standard InChI is InChI=1S/C25H23N5O3/c31-22(11-13-30-24(32)19-8-4-5-9-20(19)25(30)33)29-16-14-28(15-17-29)21-10-12-26-23(27-21)18-6-2-1-3-7-18/h1-10,12H,11,13-17H2. The molecule has 2 aromatic carbocycles. The number of amides is 3. The number of hydrogen-bond donors (Lipinski definition) is 0. The Hall–Kier alpha value is -4.07. The Morgan fingerprint density at radius 3 is 2.12 bits per heavy atom. The van der Waals surface area contributed by atoms with Crippen molar-refractivity contribution in [3.63, 3.8) is 0 Å². The van der Waals surface area contributed by atoms with Crippen LogP contribution in [0.3, 0.4) is 0 Å². The summed E-state index contributed by atoms with van der Waals surface area (Å²) in [5.74, 6) is 0.797. The maximum atomic E-state index is 12.8. The van der Waals surface area contributed by atoms with Gasteiger partial charge in [0.25, 0.3) is 11.8 Å². The maximum Gasteiger partial charge on any atom is 0.261 e. The first-order valence-corrected chi connectivity index (χ1v) is 11.0. The number of imide groups is 1. The summed E-state index contributed by atoms with van der Waals surface area (Å²) in [5, 5.41) is 0. The number of nitrogens with zero attached hydrogens (tertiary/aromatic N) is 5. The van der Waals surface area contributed by atoms with Gasteiger partial charge in [-0.1, -0.05) is 42.5 Å². The zero-order valence-electron chi connectivity index (χ0n) is 18.1. The third-order valence-electron chi connectivity index (χ3n) is 6.06. The zero-order chi connectivity index (χ0) is 22.8. The molecule has 166 valence electrons. The molecule has 0 saturated carbocycles. The number of benzene rings is 2. The monoisotopic (exact) mass is 441 g/mol. The lowest BCUT2D eigenvalue weighted by molar-refractivity contribution is -0.131. The van der Waals surface area contributed by atoms with Crippen molar-refractivity contribution >= 4 is 23.5 Å². The summed E-state index contributed by atoms with van der Waals surface area (Å²) in [7, 11) is 0. The normalized spacial score (nSPS) is 15.7. The van der Waals surface area contributed by atoms with Gasteiger partial charge < -0.3 is 9.80 Å². The average Bonchev–Trinajstić information content (AvgIpc) is 3.12. The molecule has 0 bridgehead atoms. The van der Waals surface area contributed by atoms with Crippen molar-refractivity contribution in [2.75, 3.05) is 37.6 Å². The van der Waals surface area contributed by atoms with Crippen LogP contribution in [0.1, 0.15) is 27.1 Å². The molecular formula is C25H23N5O3. The van der Waals surface area contributed by atoms with Gasteiger partial charge in [-0.15, -0.1) is 0 Å². The minimum Gasteiger partial charge on any atom is -0.353 e. The molecule has 0 spiro atoms. The molecule has 1 fully saturated rings. The first-order valence-electron chi connectivity index (χ1n) is 11.0. The summed E-state index contributed by atoms with van der Waals surface area (Å²) in [6.45, 7) is 2.53. The number of carbonyl (C=O) groups is 3. The lowest BCUT2D eigenvalue weighted by atomic mass is 10.1. The Kier molecular flexibility index (Phi) is 5.56. The fraction of sp³-hybridized carbons (Fsp3) is 0.240. The molecule has 3 aromatic rings. The minimum atomic E-state index is -0.328. The Balaban J connectivity index is 1.16. The van der Waals surface area contributed by atoms with Crippen molar-refractivity contribution in [2.24, 2.45) is 0 Å². The highest BCUT2D eigenvalue weighted by Crippen LogP contribution is 2.23. The highest BCUT2D eigenvalue weighted by Gasteiger charge is 2.35. The number of aromatic nitrogens is 2. The molecule has 2 aliphatic rings. The molecule has 0 unspecified atom stereocenters. The van der Waals surface area contributed by atoms with Gasteiger partial charge >= 0.3 is 0 Å². The number of fused-ring (bicyclic) bond motifs is 1. The van der Waals surface area contributed by atoms with Crippen molar-refractivity contribution in [3.05, 3.63) is 78.0 Å². The zero-order valence-corrected chi connectivity index (χ0v) is 18.1. The second-order valence-corrected chi connectivity index (χ2v) is 8.03. The summed E-state index contributed by atoms with van der Waals surface area (Å²) < 4.78 is 0. The van der Waals surface area contributed by atoms with Crippen molar-refractivity contribution in [3.8, 4) is 11.4 Å². The molecule has 8 heteroatoms. The van der Waals surface area contributed by atoms with E-state index in [4.69, 9.17) is 4.98 Å². The van der Waals surface area contributed by atoms with Gasteiger partial charge in [0.15, 0.2) is 5.82 Å². The molecular weight excluding hydrogens is 418 g/mol. The predicted octanol–water partition coefficient (Wildman–Crippen LogP) is 2.48. The van der Waals surface area contributed by atoms with E-state index in [2.05, 4.69) is 9.88 Å². The van der Waals surface area contributed by atoms with Gasteiger partial charge in [0, 0.05) is 50.9 Å². The molecule has 5 rings (SSSR count).